The van der Waals surface area contributed by atoms with Crippen molar-refractivity contribution >= 4 is 39.4 Å². The molecule has 2 aromatic rings. The Labute approximate surface area is 190 Å². The summed E-state index contributed by atoms with van der Waals surface area (Å²) >= 11 is 1.05. The summed E-state index contributed by atoms with van der Waals surface area (Å²) in [7, 11) is -3.67. The van der Waals surface area contributed by atoms with Gasteiger partial charge in [-0.1, -0.05) is 43.5 Å². The molecule has 0 amide bonds. The average Bonchev–Trinajstić information content (AvgIpc) is 3.18. The molecule has 3 rings (SSSR count). The maximum atomic E-state index is 14.1. The second-order valence-corrected chi connectivity index (χ2v) is 10.8. The number of halogens is 2. The van der Waals surface area contributed by atoms with Crippen LogP contribution in [-0.4, -0.2) is 47.1 Å². The number of benzene rings is 1. The highest BCUT2D eigenvalue weighted by molar-refractivity contribution is 7.99. The highest BCUT2D eigenvalue weighted by Crippen LogP contribution is 2.35. The van der Waals surface area contributed by atoms with Crippen LogP contribution in [0.1, 0.15) is 49.8 Å². The quantitative estimate of drug-likeness (QED) is 0.407. The first-order valence-corrected chi connectivity index (χ1v) is 12.9. The summed E-state index contributed by atoms with van der Waals surface area (Å²) in [5, 5.41) is 9.34. The number of rotatable bonds is 9. The van der Waals surface area contributed by atoms with Gasteiger partial charge < -0.3 is 5.11 Å². The van der Waals surface area contributed by atoms with Gasteiger partial charge in [0, 0.05) is 22.6 Å². The Bertz CT molecular complexity index is 1090. The van der Waals surface area contributed by atoms with Gasteiger partial charge in [0.1, 0.15) is 11.6 Å². The smallest absolute Gasteiger partial charge is 0.255 e. The molecule has 1 heterocycles. The summed E-state index contributed by atoms with van der Waals surface area (Å²) < 4.78 is 52.9. The monoisotopic (exact) mass is 485 g/mol. The van der Waals surface area contributed by atoms with Gasteiger partial charge in [0.05, 0.1) is 12.9 Å². The molecule has 1 aliphatic rings. The van der Waals surface area contributed by atoms with Gasteiger partial charge in [-0.05, 0) is 25.3 Å². The first-order chi connectivity index (χ1) is 15.1. The van der Waals surface area contributed by atoms with Gasteiger partial charge in [-0.25, -0.2) is 22.2 Å². The van der Waals surface area contributed by atoms with Crippen molar-refractivity contribution in [1.82, 2.24) is 15.0 Å². The van der Waals surface area contributed by atoms with E-state index in [0.29, 0.717) is 18.1 Å². The van der Waals surface area contributed by atoms with Crippen molar-refractivity contribution in [1.29, 1.82) is 0 Å². The Hall–Kier alpha value is -2.18. The largest absolute Gasteiger partial charge is 0.390 e. The van der Waals surface area contributed by atoms with E-state index in [9.17, 15) is 22.3 Å². The number of aromatic nitrogens is 3. The number of sulfonamides is 1. The highest BCUT2D eigenvalue weighted by Gasteiger charge is 2.19. The highest BCUT2D eigenvalue weighted by atomic mass is 32.2. The van der Waals surface area contributed by atoms with Crippen molar-refractivity contribution < 1.29 is 22.3 Å². The molecule has 1 fully saturated rings. The molecule has 0 radical (unpaired) electrons. The molecule has 12 heteroatoms. The number of anilines is 1. The summed E-state index contributed by atoms with van der Waals surface area (Å²) in [5.41, 5.74) is 0.749. The van der Waals surface area contributed by atoms with Crippen molar-refractivity contribution in [2.45, 2.75) is 49.4 Å². The molecule has 1 aromatic carbocycles. The van der Waals surface area contributed by atoms with E-state index in [0.717, 1.165) is 55.8 Å². The predicted octanol–water partition coefficient (Wildman–Crippen LogP) is 4.02. The number of aliphatic hydroxyl groups excluding tert-OH is 1. The van der Waals surface area contributed by atoms with E-state index in [4.69, 9.17) is 0 Å². The lowest BCUT2D eigenvalue weighted by molar-refractivity contribution is 0.351. The molecule has 0 unspecified atom stereocenters. The third kappa shape index (κ3) is 7.17. The maximum Gasteiger partial charge on any atom is 0.255 e. The van der Waals surface area contributed by atoms with Crippen molar-refractivity contribution in [3.63, 3.8) is 0 Å². The third-order valence-electron chi connectivity index (χ3n) is 5.00. The number of aliphatic imine (C=N–C) groups is 1. The first-order valence-electron chi connectivity index (χ1n) is 10.2. The van der Waals surface area contributed by atoms with Crippen LogP contribution >= 0.6 is 11.8 Å². The van der Waals surface area contributed by atoms with Crippen LogP contribution in [-0.2, 0) is 10.0 Å². The van der Waals surface area contributed by atoms with E-state index in [-0.39, 0.29) is 29.2 Å². The topological polar surface area (TPSA) is 117 Å². The molecular formula is C20H25F2N5O3S2. The van der Waals surface area contributed by atoms with E-state index < -0.39 is 26.9 Å². The van der Waals surface area contributed by atoms with Crippen molar-refractivity contribution in [3.05, 3.63) is 35.4 Å². The number of nitrogens with zero attached hydrogens (tertiary/aromatic N) is 4. The molecule has 32 heavy (non-hydrogen) atoms. The standard InChI is InChI=1S/C20H25F2N5O3S2/c1-12(16-8-7-14(21)10-17(16)22)31-20-25-18(24-19(26-20)27-32(2,29)30)23-15(11-28)9-13-5-3-4-6-13/h7-8,10,12-13,28H,3-6,9,11H2,1-2H3,(H,24,25,26,27)/b23-15-/t12-/m0/s1. The lowest BCUT2D eigenvalue weighted by atomic mass is 10.0. The summed E-state index contributed by atoms with van der Waals surface area (Å²) in [4.78, 5) is 16.7. The van der Waals surface area contributed by atoms with Crippen LogP contribution in [0.25, 0.3) is 0 Å². The van der Waals surface area contributed by atoms with Crippen molar-refractivity contribution in [2.24, 2.45) is 10.9 Å². The van der Waals surface area contributed by atoms with Gasteiger partial charge in [0.2, 0.25) is 16.0 Å². The van der Waals surface area contributed by atoms with Gasteiger partial charge in [-0.2, -0.15) is 15.0 Å². The van der Waals surface area contributed by atoms with Crippen LogP contribution in [0, 0.1) is 17.6 Å². The van der Waals surface area contributed by atoms with Crippen LogP contribution in [0.3, 0.4) is 0 Å². The molecule has 2 N–H and O–H groups in total. The maximum absolute atomic E-state index is 14.1. The number of thioether (sulfide) groups is 1. The van der Waals surface area contributed by atoms with Crippen LogP contribution in [0.15, 0.2) is 28.3 Å². The van der Waals surface area contributed by atoms with Crippen LogP contribution in [0.2, 0.25) is 0 Å². The van der Waals surface area contributed by atoms with Gasteiger partial charge in [-0.3, -0.25) is 4.72 Å². The number of nitrogens with one attached hydrogen (secondary N) is 1. The lowest BCUT2D eigenvalue weighted by Gasteiger charge is -2.13. The zero-order valence-corrected chi connectivity index (χ0v) is 19.4. The minimum atomic E-state index is -3.67. The van der Waals surface area contributed by atoms with Crippen LogP contribution in [0.4, 0.5) is 20.7 Å². The fourth-order valence-corrected chi connectivity index (χ4v) is 4.88. The van der Waals surface area contributed by atoms with Crippen molar-refractivity contribution in [2.75, 3.05) is 17.6 Å². The Morgan fingerprint density at radius 1 is 1.28 bits per heavy atom. The molecule has 174 valence electrons. The van der Waals surface area contributed by atoms with E-state index in [1.165, 1.54) is 6.07 Å². The molecule has 0 spiro atoms. The zero-order chi connectivity index (χ0) is 23.3. The van der Waals surface area contributed by atoms with E-state index in [1.807, 2.05) is 0 Å². The molecule has 1 saturated carbocycles. The van der Waals surface area contributed by atoms with Gasteiger partial charge in [0.15, 0.2) is 5.16 Å². The average molecular weight is 486 g/mol. The molecule has 0 bridgehead atoms. The Kier molecular flexibility index (Phi) is 8.12. The van der Waals surface area contributed by atoms with E-state index in [1.54, 1.807) is 6.92 Å². The summed E-state index contributed by atoms with van der Waals surface area (Å²) in [6.45, 7) is 1.42. The minimum absolute atomic E-state index is 0.0533. The lowest BCUT2D eigenvalue weighted by Crippen LogP contribution is -2.14. The Balaban J connectivity index is 1.90. The normalized spacial score (nSPS) is 16.3. The molecule has 0 saturated heterocycles. The van der Waals surface area contributed by atoms with E-state index >= 15 is 0 Å². The van der Waals surface area contributed by atoms with Crippen molar-refractivity contribution in [3.8, 4) is 0 Å². The number of hydrogen-bond acceptors (Lipinski definition) is 8. The van der Waals surface area contributed by atoms with Crippen LogP contribution < -0.4 is 4.72 Å². The fourth-order valence-electron chi connectivity index (χ4n) is 3.55. The molecular weight excluding hydrogens is 460 g/mol. The second kappa shape index (κ2) is 10.6. The summed E-state index contributed by atoms with van der Waals surface area (Å²) in [6.07, 6.45) is 6.00. The van der Waals surface area contributed by atoms with E-state index in [2.05, 4.69) is 24.7 Å². The molecule has 1 aromatic heterocycles. The molecule has 1 atom stereocenters. The molecule has 0 aliphatic heterocycles. The second-order valence-electron chi connectivity index (χ2n) is 7.73. The fraction of sp³-hybridized carbons (Fsp3) is 0.500. The van der Waals surface area contributed by atoms with Gasteiger partial charge >= 0.3 is 0 Å². The summed E-state index contributed by atoms with van der Waals surface area (Å²) in [5.74, 6) is -1.23. The SMILES string of the molecule is C[C@H](Sc1nc(/N=C(\CO)CC2CCCC2)nc(NS(C)(=O)=O)n1)c1ccc(F)cc1F. The number of aliphatic hydroxyl groups is 1. The molecule has 1 aliphatic carbocycles. The predicted molar refractivity (Wildman–Crippen MR) is 120 cm³/mol. The zero-order valence-electron chi connectivity index (χ0n) is 17.8. The minimum Gasteiger partial charge on any atom is -0.390 e. The third-order valence-corrected chi connectivity index (χ3v) is 6.56. The van der Waals surface area contributed by atoms with Gasteiger partial charge in [-0.15, -0.1) is 0 Å². The molecule has 8 nitrogen and oxygen atoms in total. The van der Waals surface area contributed by atoms with Crippen LogP contribution in [0.5, 0.6) is 0 Å². The summed E-state index contributed by atoms with van der Waals surface area (Å²) in [6, 6.07) is 3.29. The Morgan fingerprint density at radius 3 is 2.62 bits per heavy atom. The number of hydrogen-bond donors (Lipinski definition) is 2. The Morgan fingerprint density at radius 2 is 2.00 bits per heavy atom. The first kappa shape index (κ1) is 24.5. The van der Waals surface area contributed by atoms with Gasteiger partial charge in [0.25, 0.3) is 5.95 Å².